The fourth-order valence-corrected chi connectivity index (χ4v) is 3.11. The molecule has 126 valence electrons. The van der Waals surface area contributed by atoms with Crippen LogP contribution >= 0.6 is 11.8 Å². The first-order valence-electron chi connectivity index (χ1n) is 7.10. The van der Waals surface area contributed by atoms with E-state index in [0.29, 0.717) is 27.5 Å². The molecule has 0 aliphatic heterocycles. The zero-order valence-electron chi connectivity index (χ0n) is 12.5. The lowest BCUT2D eigenvalue weighted by Gasteiger charge is -2.07. The minimum absolute atomic E-state index is 0.287. The molecule has 0 saturated heterocycles. The highest BCUT2D eigenvalue weighted by Crippen LogP contribution is 2.32. The van der Waals surface area contributed by atoms with Crippen molar-refractivity contribution in [3.8, 4) is 11.6 Å². The molecule has 10 heteroatoms. The fourth-order valence-electron chi connectivity index (χ4n) is 2.25. The number of fused-ring (bicyclic) bond motifs is 1. The number of nitrogens with zero attached hydrogens (tertiary/aromatic N) is 5. The number of furan rings is 1. The topological polar surface area (TPSA) is 95.7 Å². The van der Waals surface area contributed by atoms with Crippen molar-refractivity contribution in [1.29, 1.82) is 0 Å². The summed E-state index contributed by atoms with van der Waals surface area (Å²) in [5.41, 5.74) is 0.421. The molecule has 0 fully saturated rings. The molecule has 0 bridgehead atoms. The second-order valence-corrected chi connectivity index (χ2v) is 5.92. The Kier molecular flexibility index (Phi) is 3.80. The summed E-state index contributed by atoms with van der Waals surface area (Å²) in [5.74, 6) is 6.22. The van der Waals surface area contributed by atoms with Crippen molar-refractivity contribution in [1.82, 2.24) is 24.8 Å². The van der Waals surface area contributed by atoms with E-state index in [4.69, 9.17) is 10.3 Å². The van der Waals surface area contributed by atoms with Crippen molar-refractivity contribution in [3.05, 3.63) is 48.5 Å². The van der Waals surface area contributed by atoms with Crippen LogP contribution in [0.15, 0.2) is 57.3 Å². The van der Waals surface area contributed by atoms with Crippen LogP contribution < -0.4 is 5.84 Å². The van der Waals surface area contributed by atoms with Gasteiger partial charge in [-0.1, -0.05) is 18.2 Å². The average Bonchev–Trinajstić information content (AvgIpc) is 3.25. The van der Waals surface area contributed by atoms with Gasteiger partial charge in [-0.25, -0.2) is 23.4 Å². The van der Waals surface area contributed by atoms with E-state index in [0.717, 1.165) is 11.8 Å². The summed E-state index contributed by atoms with van der Waals surface area (Å²) >= 11 is 1.03. The Labute approximate surface area is 143 Å². The minimum Gasteiger partial charge on any atom is -0.461 e. The second-order valence-electron chi connectivity index (χ2n) is 4.96. The number of nitrogen functional groups attached to an aromatic ring is 1. The number of benzene rings is 1. The van der Waals surface area contributed by atoms with Gasteiger partial charge in [0, 0.05) is 5.39 Å². The van der Waals surface area contributed by atoms with Crippen LogP contribution in [-0.4, -0.2) is 24.8 Å². The van der Waals surface area contributed by atoms with Crippen LogP contribution in [0.25, 0.3) is 22.5 Å². The van der Waals surface area contributed by atoms with Gasteiger partial charge in [-0.05, 0) is 30.0 Å². The van der Waals surface area contributed by atoms with Crippen molar-refractivity contribution in [2.24, 2.45) is 0 Å². The number of para-hydroxylation sites is 1. The standard InChI is InChI=1S/C15H10F2N6OS/c16-11(17)12-19-9-5-2-1-4-8(9)14(20-12)25-15-22-21-13(23(15)18)10-6-3-7-24-10/h1-7,11H,18H2. The maximum atomic E-state index is 13.1. The van der Waals surface area contributed by atoms with Gasteiger partial charge >= 0.3 is 0 Å². The monoisotopic (exact) mass is 360 g/mol. The van der Waals surface area contributed by atoms with E-state index in [9.17, 15) is 8.78 Å². The van der Waals surface area contributed by atoms with Gasteiger partial charge in [-0.15, -0.1) is 10.2 Å². The fraction of sp³-hybridized carbons (Fsp3) is 0.0667. The quantitative estimate of drug-likeness (QED) is 0.441. The van der Waals surface area contributed by atoms with Crippen molar-refractivity contribution < 1.29 is 13.2 Å². The van der Waals surface area contributed by atoms with Crippen molar-refractivity contribution in [2.45, 2.75) is 16.6 Å². The first kappa shape index (κ1) is 15.5. The lowest BCUT2D eigenvalue weighted by atomic mass is 10.2. The molecule has 4 aromatic rings. The van der Waals surface area contributed by atoms with Gasteiger partial charge < -0.3 is 10.3 Å². The third-order valence-electron chi connectivity index (χ3n) is 3.37. The predicted molar refractivity (Wildman–Crippen MR) is 86.5 cm³/mol. The zero-order chi connectivity index (χ0) is 17.4. The summed E-state index contributed by atoms with van der Waals surface area (Å²) in [5, 5.41) is 9.20. The molecule has 3 aromatic heterocycles. The number of aromatic nitrogens is 5. The van der Waals surface area contributed by atoms with E-state index in [1.807, 2.05) is 0 Å². The third-order valence-corrected chi connectivity index (χ3v) is 4.34. The Morgan fingerprint density at radius 2 is 1.92 bits per heavy atom. The molecule has 3 heterocycles. The molecule has 0 unspecified atom stereocenters. The summed E-state index contributed by atoms with van der Waals surface area (Å²) in [6, 6.07) is 10.3. The van der Waals surface area contributed by atoms with Gasteiger partial charge in [0.1, 0.15) is 5.03 Å². The van der Waals surface area contributed by atoms with Gasteiger partial charge in [-0.2, -0.15) is 0 Å². The zero-order valence-corrected chi connectivity index (χ0v) is 13.3. The summed E-state index contributed by atoms with van der Waals surface area (Å²) in [6.07, 6.45) is -1.29. The molecular formula is C15H10F2N6OS. The lowest BCUT2D eigenvalue weighted by Crippen LogP contribution is -2.11. The van der Waals surface area contributed by atoms with Crippen LogP contribution in [-0.2, 0) is 0 Å². The SMILES string of the molecule is Nn1c(Sc2nc(C(F)F)nc3ccccc23)nnc1-c1ccco1. The van der Waals surface area contributed by atoms with E-state index in [1.54, 1.807) is 36.4 Å². The Bertz CT molecular complexity index is 1030. The highest BCUT2D eigenvalue weighted by Gasteiger charge is 2.19. The number of rotatable bonds is 4. The highest BCUT2D eigenvalue weighted by molar-refractivity contribution is 7.99. The first-order chi connectivity index (χ1) is 12.1. The summed E-state index contributed by atoms with van der Waals surface area (Å²) in [4.78, 5) is 7.83. The van der Waals surface area contributed by atoms with E-state index in [1.165, 1.54) is 10.9 Å². The highest BCUT2D eigenvalue weighted by atomic mass is 32.2. The molecule has 0 aliphatic rings. The maximum absolute atomic E-state index is 13.1. The molecule has 25 heavy (non-hydrogen) atoms. The lowest BCUT2D eigenvalue weighted by molar-refractivity contribution is 0.140. The molecule has 7 nitrogen and oxygen atoms in total. The van der Waals surface area contributed by atoms with Crippen LogP contribution in [0.1, 0.15) is 12.2 Å². The summed E-state index contributed by atoms with van der Waals surface area (Å²) in [6.45, 7) is 0. The van der Waals surface area contributed by atoms with E-state index in [2.05, 4.69) is 20.2 Å². The second kappa shape index (κ2) is 6.13. The molecule has 0 spiro atoms. The Hall–Kier alpha value is -3.01. The Morgan fingerprint density at radius 1 is 1.08 bits per heavy atom. The van der Waals surface area contributed by atoms with E-state index >= 15 is 0 Å². The van der Waals surface area contributed by atoms with E-state index < -0.39 is 12.2 Å². The van der Waals surface area contributed by atoms with Crippen LogP contribution in [0.3, 0.4) is 0 Å². The van der Waals surface area contributed by atoms with Gasteiger partial charge in [0.25, 0.3) is 6.43 Å². The van der Waals surface area contributed by atoms with Crippen LogP contribution in [0.2, 0.25) is 0 Å². The van der Waals surface area contributed by atoms with Crippen LogP contribution in [0.5, 0.6) is 0 Å². The molecule has 4 rings (SSSR count). The maximum Gasteiger partial charge on any atom is 0.297 e. The van der Waals surface area contributed by atoms with Crippen molar-refractivity contribution in [3.63, 3.8) is 0 Å². The number of alkyl halides is 2. The number of hydrogen-bond donors (Lipinski definition) is 1. The molecule has 0 saturated carbocycles. The summed E-state index contributed by atoms with van der Waals surface area (Å²) < 4.78 is 32.6. The molecule has 0 aliphatic carbocycles. The molecule has 0 amide bonds. The first-order valence-corrected chi connectivity index (χ1v) is 7.92. The third kappa shape index (κ3) is 2.80. The van der Waals surface area contributed by atoms with Gasteiger partial charge in [0.2, 0.25) is 11.0 Å². The number of halogens is 2. The normalized spacial score (nSPS) is 11.5. The summed E-state index contributed by atoms with van der Waals surface area (Å²) in [7, 11) is 0. The van der Waals surface area contributed by atoms with E-state index in [-0.39, 0.29) is 5.16 Å². The van der Waals surface area contributed by atoms with Crippen molar-refractivity contribution >= 4 is 22.7 Å². The van der Waals surface area contributed by atoms with Crippen molar-refractivity contribution in [2.75, 3.05) is 5.84 Å². The van der Waals surface area contributed by atoms with Gasteiger partial charge in [0.15, 0.2) is 11.6 Å². The van der Waals surface area contributed by atoms with Gasteiger partial charge in [0.05, 0.1) is 11.8 Å². The average molecular weight is 360 g/mol. The molecule has 0 atom stereocenters. The molecule has 2 N–H and O–H groups in total. The molecule has 1 aromatic carbocycles. The smallest absolute Gasteiger partial charge is 0.297 e. The number of nitrogens with two attached hydrogens (primary N) is 1. The number of hydrogen-bond acceptors (Lipinski definition) is 7. The minimum atomic E-state index is -2.78. The van der Waals surface area contributed by atoms with Crippen LogP contribution in [0.4, 0.5) is 8.78 Å². The molecule has 0 radical (unpaired) electrons. The predicted octanol–water partition coefficient (Wildman–Crippen LogP) is 3.28. The largest absolute Gasteiger partial charge is 0.461 e. The molecular weight excluding hydrogens is 350 g/mol. The van der Waals surface area contributed by atoms with Gasteiger partial charge in [-0.3, -0.25) is 0 Å². The Balaban J connectivity index is 1.78. The Morgan fingerprint density at radius 3 is 2.68 bits per heavy atom. The van der Waals surface area contributed by atoms with Crippen LogP contribution in [0, 0.1) is 0 Å².